The second-order valence-electron chi connectivity index (χ2n) is 22.2. The molecule has 0 aromatic rings. The molecule has 1 saturated heterocycles. The summed E-state index contributed by atoms with van der Waals surface area (Å²) in [7, 11) is 0. The van der Waals surface area contributed by atoms with Gasteiger partial charge in [0.1, 0.15) is 12.3 Å². The van der Waals surface area contributed by atoms with Crippen molar-refractivity contribution in [2.45, 2.75) is 131 Å². The van der Waals surface area contributed by atoms with Crippen LogP contribution in [0, 0.1) is 56.7 Å². The summed E-state index contributed by atoms with van der Waals surface area (Å²) in [4.78, 5) is 69.6. The van der Waals surface area contributed by atoms with Crippen LogP contribution in [0.1, 0.15) is 119 Å². The third kappa shape index (κ3) is 9.54. The number of allylic oxidation sites excluding steroid dienone is 2. The number of aldehydes is 1. The number of carbonyl (C=O) groups excluding carboxylic acids is 4. The number of hydrogen-bond acceptors (Lipinski definition) is 12. The van der Waals surface area contributed by atoms with Crippen LogP contribution in [-0.2, 0) is 24.0 Å². The van der Waals surface area contributed by atoms with E-state index in [2.05, 4.69) is 59.9 Å². The van der Waals surface area contributed by atoms with Crippen LogP contribution in [-0.4, -0.2) is 151 Å². The van der Waals surface area contributed by atoms with Gasteiger partial charge in [0, 0.05) is 72.0 Å². The van der Waals surface area contributed by atoms with Crippen molar-refractivity contribution in [1.29, 1.82) is 0 Å². The molecule has 6 rings (SSSR count). The number of aliphatic hydroxyl groups excluding tert-OH is 1. The van der Waals surface area contributed by atoms with Crippen LogP contribution in [0.3, 0.4) is 0 Å². The van der Waals surface area contributed by atoms with Gasteiger partial charge in [-0.05, 0) is 122 Å². The minimum atomic E-state index is -1.28. The number of aliphatic hydroxyl groups is 1. The maximum atomic E-state index is 14.9. The molecule has 356 valence electrons. The Labute approximate surface area is 376 Å². The molecule has 14 nitrogen and oxygen atoms in total. The highest BCUT2D eigenvalue weighted by molar-refractivity contribution is 5.84. The monoisotopic (exact) mass is 882 g/mol. The van der Waals surface area contributed by atoms with Gasteiger partial charge in [0.2, 0.25) is 5.91 Å². The summed E-state index contributed by atoms with van der Waals surface area (Å²) in [6, 6.07) is -0.907. The molecule has 14 heteroatoms. The molecule has 0 spiro atoms. The molecule has 11 atom stereocenters. The Morgan fingerprint density at radius 2 is 1.41 bits per heavy atom. The fraction of sp³-hybridized carbons (Fsp3) is 0.857. The number of nitrogens with zero attached hydrogens (tertiary/aromatic N) is 4. The van der Waals surface area contributed by atoms with Crippen LogP contribution >= 0.6 is 0 Å². The molecule has 0 bridgehead atoms. The van der Waals surface area contributed by atoms with E-state index >= 15 is 0 Å². The van der Waals surface area contributed by atoms with Crippen molar-refractivity contribution in [1.82, 2.24) is 24.9 Å². The number of carbonyl (C=O) groups is 5. The van der Waals surface area contributed by atoms with Gasteiger partial charge in [0.05, 0.1) is 30.0 Å². The van der Waals surface area contributed by atoms with Crippen molar-refractivity contribution in [3.63, 3.8) is 0 Å². The largest absolute Gasteiger partial charge is 0.549 e. The zero-order valence-electron chi connectivity index (χ0n) is 39.5. The number of hydrogen-bond donors (Lipinski definition) is 3. The Morgan fingerprint density at radius 3 is 2.02 bits per heavy atom. The fourth-order valence-electron chi connectivity index (χ4n) is 14.8. The summed E-state index contributed by atoms with van der Waals surface area (Å²) < 4.78 is 0. The van der Waals surface area contributed by atoms with Gasteiger partial charge in [-0.2, -0.15) is 0 Å². The molecule has 1 aliphatic heterocycles. The molecule has 1 heterocycles. The lowest BCUT2D eigenvalue weighted by atomic mass is 9.33. The maximum absolute atomic E-state index is 14.9. The van der Waals surface area contributed by atoms with E-state index in [1.165, 1.54) is 5.57 Å². The average molecular weight is 882 g/mol. The predicted molar refractivity (Wildman–Crippen MR) is 236 cm³/mol. The van der Waals surface area contributed by atoms with Crippen molar-refractivity contribution in [3.05, 3.63) is 11.6 Å². The highest BCUT2D eigenvalue weighted by Gasteiger charge is 2.69. The first-order valence-electron chi connectivity index (χ1n) is 24.3. The summed E-state index contributed by atoms with van der Waals surface area (Å²) in [5.74, 6) is -1.51. The Balaban J connectivity index is 1.17. The van der Waals surface area contributed by atoms with E-state index in [1.54, 1.807) is 9.80 Å². The van der Waals surface area contributed by atoms with Gasteiger partial charge in [0.15, 0.2) is 0 Å². The number of amides is 1. The van der Waals surface area contributed by atoms with E-state index in [-0.39, 0.29) is 91.8 Å². The van der Waals surface area contributed by atoms with Crippen LogP contribution in [0.15, 0.2) is 11.6 Å². The van der Waals surface area contributed by atoms with Gasteiger partial charge >= 0.3 is 5.97 Å². The Hall–Kier alpha value is -2.91. The first-order valence-corrected chi connectivity index (χ1v) is 24.3. The molecule has 0 aromatic heterocycles. The maximum Gasteiger partial charge on any atom is 0.320 e. The lowest BCUT2D eigenvalue weighted by Gasteiger charge is -2.71. The summed E-state index contributed by atoms with van der Waals surface area (Å²) in [5, 5.41) is 48.2. The fourth-order valence-corrected chi connectivity index (χ4v) is 14.8. The minimum absolute atomic E-state index is 0.0339. The number of carboxylic acids is 3. The zero-order valence-corrected chi connectivity index (χ0v) is 39.5. The molecule has 0 aromatic carbocycles. The van der Waals surface area contributed by atoms with Crippen molar-refractivity contribution >= 4 is 30.1 Å². The molecule has 63 heavy (non-hydrogen) atoms. The van der Waals surface area contributed by atoms with Crippen LogP contribution in [0.4, 0.5) is 0 Å². The highest BCUT2D eigenvalue weighted by Crippen LogP contribution is 2.75. The van der Waals surface area contributed by atoms with Gasteiger partial charge in [-0.25, -0.2) is 0 Å². The summed E-state index contributed by atoms with van der Waals surface area (Å²) >= 11 is 0. The summed E-state index contributed by atoms with van der Waals surface area (Å²) in [6.45, 7) is 18.9. The SMILES string of the molecule is C[C@H]1[C@H](C)CC[C@]2(C(=O)NCCCC(C(=O)O)N3CCN(CC=O)CCN(CC(=O)[O-])CCN(CC(=O)[O-])CC3)CC[C@]3(C)C(=CCC4[C@@]5(C)CC[C@H](O)C(C)(C)C5CC[C@]43C)[C@H]12. The van der Waals surface area contributed by atoms with Crippen molar-refractivity contribution in [3.8, 4) is 0 Å². The van der Waals surface area contributed by atoms with E-state index in [4.69, 9.17) is 0 Å². The molecule has 5 aliphatic carbocycles. The van der Waals surface area contributed by atoms with E-state index in [1.807, 2.05) is 9.80 Å². The van der Waals surface area contributed by atoms with Crippen molar-refractivity contribution < 1.29 is 44.4 Å². The smallest absolute Gasteiger partial charge is 0.320 e. The molecule has 1 amide bonds. The highest BCUT2D eigenvalue weighted by atomic mass is 16.4. The van der Waals surface area contributed by atoms with Gasteiger partial charge in [-0.1, -0.05) is 60.1 Å². The molecular weight excluding hydrogens is 803 g/mol. The standard InChI is InChI=1S/C49H81N5O9/c1-33-12-17-49(19-18-47(6)35(42(49)34(33)2)10-11-38-46(5)15-14-39(56)45(3,4)37(46)13-16-48(38,47)7)44(63)50-20-8-9-36(43(61)62)54-27-25-51(29-30-55)21-22-52(31-40(57)58)23-24-53(26-28-54)32-41(59)60/h10,30,33-34,36-39,42,56H,8-9,11-29,31-32H2,1-7H3,(H,50,63)(H,57,58)(H,59,60)(H,61,62)/p-2/t33-,34+,36?,37?,38?,39+,42+,46+,47-,48-,49+/m1/s1. The van der Waals surface area contributed by atoms with Gasteiger partial charge in [0.25, 0.3) is 0 Å². The normalized spacial score (nSPS) is 38.8. The number of nitrogens with one attached hydrogen (secondary N) is 1. The first-order chi connectivity index (χ1) is 29.6. The Bertz CT molecular complexity index is 1720. The minimum Gasteiger partial charge on any atom is -0.549 e. The topological polar surface area (TPSA) is 197 Å². The molecule has 0 radical (unpaired) electrons. The van der Waals surface area contributed by atoms with Crippen LogP contribution in [0.2, 0.25) is 0 Å². The number of carboxylic acid groups (broad SMARTS) is 3. The first kappa shape index (κ1) is 49.5. The third-order valence-corrected chi connectivity index (χ3v) is 19.0. The van der Waals surface area contributed by atoms with E-state index in [0.717, 1.165) is 64.1 Å². The predicted octanol–water partition coefficient (Wildman–Crippen LogP) is 2.27. The van der Waals surface area contributed by atoms with E-state index < -0.39 is 29.4 Å². The second-order valence-corrected chi connectivity index (χ2v) is 22.2. The molecule has 3 unspecified atom stereocenters. The molecule has 4 saturated carbocycles. The Kier molecular flexibility index (Phi) is 15.3. The quantitative estimate of drug-likeness (QED) is 0.139. The van der Waals surface area contributed by atoms with Crippen LogP contribution in [0.5, 0.6) is 0 Å². The zero-order chi connectivity index (χ0) is 46.1. The molecule has 3 N–H and O–H groups in total. The lowest BCUT2D eigenvalue weighted by Crippen LogP contribution is -2.66. The van der Waals surface area contributed by atoms with Crippen molar-refractivity contribution in [2.24, 2.45) is 56.7 Å². The summed E-state index contributed by atoms with van der Waals surface area (Å²) in [5.41, 5.74) is 1.05. The van der Waals surface area contributed by atoms with Gasteiger partial charge in [-0.3, -0.25) is 29.2 Å². The van der Waals surface area contributed by atoms with Crippen LogP contribution < -0.4 is 15.5 Å². The van der Waals surface area contributed by atoms with Crippen molar-refractivity contribution in [2.75, 3.05) is 78.5 Å². The third-order valence-electron chi connectivity index (χ3n) is 19.0. The number of aliphatic carboxylic acids is 3. The number of fused-ring (bicyclic) bond motifs is 7. The Morgan fingerprint density at radius 1 is 0.810 bits per heavy atom. The number of rotatable bonds is 13. The van der Waals surface area contributed by atoms with E-state index in [9.17, 15) is 44.4 Å². The van der Waals surface area contributed by atoms with Gasteiger partial charge in [-0.15, -0.1) is 0 Å². The molecule has 6 aliphatic rings. The summed E-state index contributed by atoms with van der Waals surface area (Å²) in [6.07, 6.45) is 12.6. The van der Waals surface area contributed by atoms with Gasteiger partial charge < -0.3 is 40.1 Å². The van der Waals surface area contributed by atoms with Crippen LogP contribution in [0.25, 0.3) is 0 Å². The van der Waals surface area contributed by atoms with E-state index in [0.29, 0.717) is 62.8 Å². The molecule has 5 fully saturated rings. The second kappa shape index (κ2) is 19.5. The average Bonchev–Trinajstić information content (AvgIpc) is 3.20. The molecular formula is C49H79N5O9-2. The lowest BCUT2D eigenvalue weighted by molar-refractivity contribution is -0.308.